The van der Waals surface area contributed by atoms with E-state index in [0.717, 1.165) is 10.8 Å². The van der Waals surface area contributed by atoms with Gasteiger partial charge in [0.05, 0.1) is 11.1 Å². The average molecular weight is 336 g/mol. The Morgan fingerprint density at radius 2 is 1.18 bits per heavy atom. The highest BCUT2D eigenvalue weighted by atomic mass is 32.1. The quantitative estimate of drug-likeness (QED) is 0.629. The van der Waals surface area contributed by atoms with Gasteiger partial charge in [0.25, 0.3) is 0 Å². The lowest BCUT2D eigenvalue weighted by Gasteiger charge is -2.06. The van der Waals surface area contributed by atoms with Gasteiger partial charge in [-0.05, 0) is 35.0 Å². The lowest BCUT2D eigenvalue weighted by atomic mass is 10.0. The van der Waals surface area contributed by atoms with Crippen LogP contribution in [-0.4, -0.2) is 36.7 Å². The van der Waals surface area contributed by atoms with Gasteiger partial charge in [-0.25, -0.2) is 9.59 Å². The molecule has 2 aromatic carbocycles. The average Bonchev–Trinajstić information content (AvgIpc) is 2.56. The van der Waals surface area contributed by atoms with Crippen LogP contribution in [0, 0.1) is 0 Å². The van der Waals surface area contributed by atoms with E-state index >= 15 is 0 Å². The van der Waals surface area contributed by atoms with E-state index in [1.54, 1.807) is 36.4 Å². The minimum absolute atomic E-state index is 0.274. The molecule has 6 heteroatoms. The molecule has 0 fully saturated rings. The second-order valence-electron chi connectivity index (χ2n) is 4.50. The number of benzene rings is 2. The maximum atomic E-state index is 11.8. The number of rotatable bonds is 6. The van der Waals surface area contributed by atoms with E-state index in [-0.39, 0.29) is 25.2 Å². The number of hydrogen-bond acceptors (Lipinski definition) is 6. The Morgan fingerprint density at radius 1 is 0.773 bits per heavy atom. The third-order valence-corrected chi connectivity index (χ3v) is 3.33. The molecule has 2 rings (SSSR count). The van der Waals surface area contributed by atoms with Gasteiger partial charge >= 0.3 is 11.9 Å². The fourth-order valence-corrected chi connectivity index (χ4v) is 2.13. The molecule has 0 amide bonds. The largest absolute Gasteiger partial charge is 0.461 e. The second kappa shape index (κ2) is 8.10. The number of hydrogen-bond donors (Lipinski definition) is 2. The Hall–Kier alpha value is -1.66. The molecule has 22 heavy (non-hydrogen) atoms. The SMILES string of the molecule is O=C(OCCS)c1ccc2cc(C(=O)OCCS)ccc2c1. The highest BCUT2D eigenvalue weighted by Gasteiger charge is 2.10. The molecule has 0 aromatic heterocycles. The van der Waals surface area contributed by atoms with Gasteiger partial charge in [-0.2, -0.15) is 25.3 Å². The second-order valence-corrected chi connectivity index (χ2v) is 5.39. The summed E-state index contributed by atoms with van der Waals surface area (Å²) >= 11 is 7.99. The summed E-state index contributed by atoms with van der Waals surface area (Å²) in [5.74, 6) is 0.204. The molecule has 0 radical (unpaired) electrons. The van der Waals surface area contributed by atoms with Gasteiger partial charge in [-0.15, -0.1) is 0 Å². The van der Waals surface area contributed by atoms with E-state index in [1.807, 2.05) is 0 Å². The van der Waals surface area contributed by atoms with Crippen LogP contribution in [0.15, 0.2) is 36.4 Å². The lowest BCUT2D eigenvalue weighted by molar-refractivity contribution is 0.0521. The normalized spacial score (nSPS) is 10.5. The van der Waals surface area contributed by atoms with Crippen LogP contribution >= 0.6 is 25.3 Å². The zero-order valence-corrected chi connectivity index (χ0v) is 13.6. The third kappa shape index (κ3) is 4.18. The molecule has 0 aliphatic rings. The molecule has 2 aromatic rings. The summed E-state index contributed by atoms with van der Waals surface area (Å²) in [5.41, 5.74) is 0.944. The van der Waals surface area contributed by atoms with Crippen molar-refractivity contribution in [1.29, 1.82) is 0 Å². The van der Waals surface area contributed by atoms with Crippen molar-refractivity contribution in [3.05, 3.63) is 47.5 Å². The first-order valence-corrected chi connectivity index (χ1v) is 8.02. The molecule has 0 spiro atoms. The predicted molar refractivity (Wildman–Crippen MR) is 92.2 cm³/mol. The van der Waals surface area contributed by atoms with Crippen LogP contribution in [0.2, 0.25) is 0 Å². The van der Waals surface area contributed by atoms with Gasteiger partial charge in [-0.3, -0.25) is 0 Å². The number of carbonyl (C=O) groups excluding carboxylic acids is 2. The van der Waals surface area contributed by atoms with Gasteiger partial charge in [-0.1, -0.05) is 12.1 Å². The van der Waals surface area contributed by atoms with Crippen LogP contribution in [0.25, 0.3) is 10.8 Å². The van der Waals surface area contributed by atoms with Crippen LogP contribution in [0.1, 0.15) is 20.7 Å². The number of carbonyl (C=O) groups is 2. The van der Waals surface area contributed by atoms with Crippen molar-refractivity contribution in [2.75, 3.05) is 24.7 Å². The maximum Gasteiger partial charge on any atom is 0.338 e. The Kier molecular flexibility index (Phi) is 6.15. The Balaban J connectivity index is 2.21. The summed E-state index contributed by atoms with van der Waals surface area (Å²) < 4.78 is 10.1. The smallest absolute Gasteiger partial charge is 0.338 e. The molecule has 0 unspecified atom stereocenters. The van der Waals surface area contributed by atoms with Gasteiger partial charge in [0.1, 0.15) is 13.2 Å². The molecule has 0 bridgehead atoms. The van der Waals surface area contributed by atoms with E-state index in [9.17, 15) is 9.59 Å². The Morgan fingerprint density at radius 3 is 1.55 bits per heavy atom. The fraction of sp³-hybridized carbons (Fsp3) is 0.250. The summed E-state index contributed by atoms with van der Waals surface area (Å²) in [6.45, 7) is 0.547. The molecular weight excluding hydrogens is 320 g/mol. The lowest BCUT2D eigenvalue weighted by Crippen LogP contribution is -2.08. The van der Waals surface area contributed by atoms with Crippen molar-refractivity contribution in [2.45, 2.75) is 0 Å². The fourth-order valence-electron chi connectivity index (χ4n) is 1.94. The first kappa shape index (κ1) is 16.7. The molecule has 116 valence electrons. The van der Waals surface area contributed by atoms with Gasteiger partial charge in [0, 0.05) is 11.5 Å². The first-order chi connectivity index (χ1) is 10.7. The predicted octanol–water partition coefficient (Wildman–Crippen LogP) is 3.01. The van der Waals surface area contributed by atoms with Crippen molar-refractivity contribution in [3.63, 3.8) is 0 Å². The first-order valence-electron chi connectivity index (χ1n) is 6.75. The summed E-state index contributed by atoms with van der Waals surface area (Å²) in [5, 5.41) is 1.71. The highest BCUT2D eigenvalue weighted by Crippen LogP contribution is 2.19. The minimum atomic E-state index is -0.381. The van der Waals surface area contributed by atoms with Crippen molar-refractivity contribution in [1.82, 2.24) is 0 Å². The molecule has 0 aliphatic carbocycles. The van der Waals surface area contributed by atoms with E-state index in [1.165, 1.54) is 0 Å². The highest BCUT2D eigenvalue weighted by molar-refractivity contribution is 7.80. The summed E-state index contributed by atoms with van der Waals surface area (Å²) in [6.07, 6.45) is 0. The van der Waals surface area contributed by atoms with Crippen LogP contribution in [0.3, 0.4) is 0 Å². The molecule has 0 N–H and O–H groups in total. The van der Waals surface area contributed by atoms with Crippen LogP contribution in [0.4, 0.5) is 0 Å². The molecule has 0 heterocycles. The standard InChI is InChI=1S/C16H16O4S2/c17-15(19-5-7-21)13-3-1-11-9-14(4-2-12(11)10-13)16(18)20-6-8-22/h1-4,9-10,21-22H,5-8H2. The van der Waals surface area contributed by atoms with Gasteiger partial charge in [0.2, 0.25) is 0 Å². The van der Waals surface area contributed by atoms with E-state index in [4.69, 9.17) is 9.47 Å². The number of ether oxygens (including phenoxy) is 2. The van der Waals surface area contributed by atoms with Crippen molar-refractivity contribution in [3.8, 4) is 0 Å². The van der Waals surface area contributed by atoms with Crippen molar-refractivity contribution < 1.29 is 19.1 Å². The molecule has 4 nitrogen and oxygen atoms in total. The van der Waals surface area contributed by atoms with Crippen molar-refractivity contribution in [2.24, 2.45) is 0 Å². The monoisotopic (exact) mass is 336 g/mol. The third-order valence-electron chi connectivity index (χ3n) is 2.96. The Bertz CT molecular complexity index is 626. The van der Waals surface area contributed by atoms with Crippen LogP contribution in [-0.2, 0) is 9.47 Å². The maximum absolute atomic E-state index is 11.8. The number of thiol groups is 2. The van der Waals surface area contributed by atoms with Crippen molar-refractivity contribution >= 4 is 48.0 Å². The van der Waals surface area contributed by atoms with Gasteiger partial charge in [0.15, 0.2) is 0 Å². The van der Waals surface area contributed by atoms with Crippen LogP contribution in [0.5, 0.6) is 0 Å². The summed E-state index contributed by atoms with van der Waals surface area (Å²) in [4.78, 5) is 23.6. The molecule has 0 saturated heterocycles. The molecule has 0 saturated carbocycles. The van der Waals surface area contributed by atoms with E-state index < -0.39 is 0 Å². The number of esters is 2. The van der Waals surface area contributed by atoms with E-state index in [2.05, 4.69) is 25.3 Å². The molecule has 0 atom stereocenters. The molecular formula is C16H16O4S2. The molecule has 0 aliphatic heterocycles. The zero-order chi connectivity index (χ0) is 15.9. The minimum Gasteiger partial charge on any atom is -0.461 e. The zero-order valence-electron chi connectivity index (χ0n) is 11.8. The Labute approximate surface area is 139 Å². The van der Waals surface area contributed by atoms with E-state index in [0.29, 0.717) is 22.6 Å². The summed E-state index contributed by atoms with van der Waals surface area (Å²) in [7, 11) is 0. The topological polar surface area (TPSA) is 52.6 Å². The number of fused-ring (bicyclic) bond motifs is 1. The summed E-state index contributed by atoms with van der Waals surface area (Å²) in [6, 6.07) is 10.4. The van der Waals surface area contributed by atoms with Gasteiger partial charge < -0.3 is 9.47 Å². The van der Waals surface area contributed by atoms with Crippen LogP contribution < -0.4 is 0 Å².